The van der Waals surface area contributed by atoms with Gasteiger partial charge >= 0.3 is 5.97 Å². The van der Waals surface area contributed by atoms with Crippen molar-refractivity contribution in [2.24, 2.45) is 5.10 Å². The number of nitrogens with one attached hydrogen (secondary N) is 1. The van der Waals surface area contributed by atoms with Gasteiger partial charge in [0.2, 0.25) is 5.91 Å². The van der Waals surface area contributed by atoms with E-state index in [0.29, 0.717) is 17.7 Å². The lowest BCUT2D eigenvalue weighted by Gasteiger charge is -2.05. The van der Waals surface area contributed by atoms with Crippen molar-refractivity contribution < 1.29 is 14.3 Å². The van der Waals surface area contributed by atoms with Crippen LogP contribution in [0, 0.1) is 0 Å². The summed E-state index contributed by atoms with van der Waals surface area (Å²) in [6, 6.07) is 14.0. The van der Waals surface area contributed by atoms with Crippen LogP contribution in [0.15, 0.2) is 58.1 Å². The van der Waals surface area contributed by atoms with Crippen molar-refractivity contribution in [2.75, 3.05) is 0 Å². The van der Waals surface area contributed by atoms with Gasteiger partial charge in [-0.25, -0.2) is 10.2 Å². The van der Waals surface area contributed by atoms with Gasteiger partial charge in [-0.15, -0.1) is 0 Å². The Morgan fingerprint density at radius 2 is 1.59 bits per heavy atom. The van der Waals surface area contributed by atoms with E-state index in [1.807, 2.05) is 6.07 Å². The molecule has 6 heteroatoms. The molecule has 0 radical (unpaired) electrons. The zero-order valence-electron chi connectivity index (χ0n) is 18.8. The van der Waals surface area contributed by atoms with Gasteiger partial charge in [-0.2, -0.15) is 5.10 Å². The highest BCUT2D eigenvalue weighted by Crippen LogP contribution is 2.16. The Bertz CT molecular complexity index is 866. The molecule has 1 amide bonds. The molecule has 1 N–H and O–H groups in total. The number of esters is 1. The standard InChI is InChI=1S/C26H33BrN2O3/c1-2-3-4-5-6-7-8-9-10-14-25(30)29-28-20-21-15-17-24(18-16-21)32-26(31)22-12-11-13-23(27)19-22/h11-13,15-20H,2-10,14H2,1H3,(H,29,30)/b28-20+. The Morgan fingerprint density at radius 3 is 2.25 bits per heavy atom. The van der Waals surface area contributed by atoms with E-state index >= 15 is 0 Å². The van der Waals surface area contributed by atoms with Crippen LogP contribution in [-0.4, -0.2) is 18.1 Å². The maximum absolute atomic E-state index is 12.2. The number of carbonyl (C=O) groups is 2. The van der Waals surface area contributed by atoms with Crippen molar-refractivity contribution in [3.63, 3.8) is 0 Å². The molecule has 172 valence electrons. The summed E-state index contributed by atoms with van der Waals surface area (Å²) in [4.78, 5) is 24.1. The van der Waals surface area contributed by atoms with Crippen LogP contribution in [-0.2, 0) is 4.79 Å². The Balaban J connectivity index is 1.62. The molecular weight excluding hydrogens is 468 g/mol. The van der Waals surface area contributed by atoms with Crippen LogP contribution in [0.2, 0.25) is 0 Å². The summed E-state index contributed by atoms with van der Waals surface area (Å²) in [6.07, 6.45) is 13.1. The van der Waals surface area contributed by atoms with E-state index in [1.54, 1.807) is 48.7 Å². The topological polar surface area (TPSA) is 67.8 Å². The molecule has 0 heterocycles. The number of hydrogen-bond donors (Lipinski definition) is 1. The van der Waals surface area contributed by atoms with Crippen molar-refractivity contribution in [1.29, 1.82) is 0 Å². The van der Waals surface area contributed by atoms with E-state index in [2.05, 4.69) is 33.4 Å². The zero-order chi connectivity index (χ0) is 23.0. The molecule has 5 nitrogen and oxygen atoms in total. The molecule has 0 saturated carbocycles. The molecule has 2 aromatic carbocycles. The van der Waals surface area contributed by atoms with Crippen LogP contribution < -0.4 is 10.2 Å². The number of unbranched alkanes of at least 4 members (excludes halogenated alkanes) is 8. The molecule has 0 spiro atoms. The quantitative estimate of drug-likeness (QED) is 0.0993. The van der Waals surface area contributed by atoms with Crippen molar-refractivity contribution in [3.05, 3.63) is 64.1 Å². The molecule has 0 unspecified atom stereocenters. The average Bonchev–Trinajstić information content (AvgIpc) is 2.79. The largest absolute Gasteiger partial charge is 0.423 e. The monoisotopic (exact) mass is 500 g/mol. The second-order valence-corrected chi connectivity index (χ2v) is 8.76. The number of carbonyl (C=O) groups excluding carboxylic acids is 2. The van der Waals surface area contributed by atoms with E-state index in [4.69, 9.17) is 4.74 Å². The normalized spacial score (nSPS) is 10.9. The first-order chi connectivity index (χ1) is 15.6. The van der Waals surface area contributed by atoms with Gasteiger partial charge < -0.3 is 4.74 Å². The summed E-state index contributed by atoms with van der Waals surface area (Å²) in [6.45, 7) is 2.23. The van der Waals surface area contributed by atoms with Gasteiger partial charge in [-0.05, 0) is 54.4 Å². The van der Waals surface area contributed by atoms with Crippen LogP contribution in [0.5, 0.6) is 5.75 Å². The van der Waals surface area contributed by atoms with Crippen LogP contribution in [0.25, 0.3) is 0 Å². The number of ether oxygens (including phenoxy) is 1. The molecule has 0 fully saturated rings. The van der Waals surface area contributed by atoms with Crippen LogP contribution >= 0.6 is 15.9 Å². The maximum Gasteiger partial charge on any atom is 0.343 e. The van der Waals surface area contributed by atoms with Crippen molar-refractivity contribution in [1.82, 2.24) is 5.43 Å². The van der Waals surface area contributed by atoms with Crippen LogP contribution in [0.4, 0.5) is 0 Å². The minimum Gasteiger partial charge on any atom is -0.423 e. The first-order valence-electron chi connectivity index (χ1n) is 11.5. The lowest BCUT2D eigenvalue weighted by Crippen LogP contribution is -2.16. The lowest BCUT2D eigenvalue weighted by molar-refractivity contribution is -0.121. The van der Waals surface area contributed by atoms with Crippen molar-refractivity contribution in [3.8, 4) is 5.75 Å². The number of amides is 1. The molecular formula is C26H33BrN2O3. The summed E-state index contributed by atoms with van der Waals surface area (Å²) < 4.78 is 6.19. The minimum atomic E-state index is -0.420. The van der Waals surface area contributed by atoms with Crippen LogP contribution in [0.1, 0.15) is 87.1 Å². The second-order valence-electron chi connectivity index (χ2n) is 7.84. The first kappa shape index (κ1) is 25.8. The number of hydrogen-bond acceptors (Lipinski definition) is 4. The van der Waals surface area contributed by atoms with Gasteiger partial charge in [0.15, 0.2) is 0 Å². The molecule has 0 aliphatic rings. The fraction of sp³-hybridized carbons (Fsp3) is 0.423. The molecule has 0 aliphatic heterocycles. The highest BCUT2D eigenvalue weighted by Gasteiger charge is 2.08. The third-order valence-corrected chi connectivity index (χ3v) is 5.55. The fourth-order valence-corrected chi connectivity index (χ4v) is 3.63. The summed E-state index contributed by atoms with van der Waals surface area (Å²) in [5.74, 6) is -0.0400. The first-order valence-corrected chi connectivity index (χ1v) is 12.3. The van der Waals surface area contributed by atoms with E-state index < -0.39 is 5.97 Å². The number of nitrogens with zero attached hydrogens (tertiary/aromatic N) is 1. The van der Waals surface area contributed by atoms with Gasteiger partial charge in [0.1, 0.15) is 5.75 Å². The smallest absolute Gasteiger partial charge is 0.343 e. The molecule has 0 atom stereocenters. The summed E-state index contributed by atoms with van der Waals surface area (Å²) in [7, 11) is 0. The number of halogens is 1. The number of hydrazone groups is 1. The third kappa shape index (κ3) is 10.7. The van der Waals surface area contributed by atoms with Gasteiger partial charge in [0.25, 0.3) is 0 Å². The minimum absolute atomic E-state index is 0.0660. The molecule has 0 aliphatic carbocycles. The van der Waals surface area contributed by atoms with Gasteiger partial charge in [-0.3, -0.25) is 4.79 Å². The predicted octanol–water partition coefficient (Wildman–Crippen LogP) is 7.04. The van der Waals surface area contributed by atoms with Gasteiger partial charge in [0, 0.05) is 10.9 Å². The summed E-state index contributed by atoms with van der Waals surface area (Å²) in [5, 5.41) is 4.01. The van der Waals surface area contributed by atoms with E-state index in [9.17, 15) is 9.59 Å². The number of benzene rings is 2. The zero-order valence-corrected chi connectivity index (χ0v) is 20.4. The van der Waals surface area contributed by atoms with E-state index in [-0.39, 0.29) is 5.91 Å². The summed E-state index contributed by atoms with van der Waals surface area (Å²) >= 11 is 3.34. The highest BCUT2D eigenvalue weighted by molar-refractivity contribution is 9.10. The number of rotatable bonds is 14. The van der Waals surface area contributed by atoms with E-state index in [1.165, 1.54) is 44.9 Å². The molecule has 0 saturated heterocycles. The third-order valence-electron chi connectivity index (χ3n) is 5.06. The maximum atomic E-state index is 12.2. The molecule has 32 heavy (non-hydrogen) atoms. The Labute approximate surface area is 199 Å². The summed E-state index contributed by atoms with van der Waals surface area (Å²) in [5.41, 5.74) is 3.84. The second kappa shape index (κ2) is 15.4. The fourth-order valence-electron chi connectivity index (χ4n) is 3.23. The SMILES string of the molecule is CCCCCCCCCCCC(=O)N/N=C/c1ccc(OC(=O)c2cccc(Br)c2)cc1. The van der Waals surface area contributed by atoms with Gasteiger partial charge in [-0.1, -0.05) is 80.3 Å². The molecule has 2 rings (SSSR count). The molecule has 2 aromatic rings. The average molecular weight is 501 g/mol. The Morgan fingerprint density at radius 1 is 0.938 bits per heavy atom. The van der Waals surface area contributed by atoms with Crippen molar-refractivity contribution >= 4 is 34.0 Å². The van der Waals surface area contributed by atoms with Gasteiger partial charge in [0.05, 0.1) is 11.8 Å². The van der Waals surface area contributed by atoms with Crippen LogP contribution in [0.3, 0.4) is 0 Å². The van der Waals surface area contributed by atoms with E-state index in [0.717, 1.165) is 22.9 Å². The Hall–Kier alpha value is -2.47. The highest BCUT2D eigenvalue weighted by atomic mass is 79.9. The molecule has 0 bridgehead atoms. The Kier molecular flexibility index (Phi) is 12.4. The van der Waals surface area contributed by atoms with Crippen molar-refractivity contribution in [2.45, 2.75) is 71.1 Å². The molecule has 0 aromatic heterocycles. The predicted molar refractivity (Wildman–Crippen MR) is 133 cm³/mol. The lowest BCUT2D eigenvalue weighted by atomic mass is 10.1.